The molecule has 0 radical (unpaired) electrons. The molecule has 1 aliphatic carbocycles. The van der Waals surface area contributed by atoms with Crippen molar-refractivity contribution in [3.05, 3.63) is 60.1 Å². The van der Waals surface area contributed by atoms with Crippen LogP contribution in [0.2, 0.25) is 0 Å². The van der Waals surface area contributed by atoms with Crippen LogP contribution < -0.4 is 5.32 Å². The van der Waals surface area contributed by atoms with Gasteiger partial charge < -0.3 is 9.73 Å². The summed E-state index contributed by atoms with van der Waals surface area (Å²) in [5.41, 5.74) is 1.17. The van der Waals surface area contributed by atoms with Crippen molar-refractivity contribution in [1.29, 1.82) is 0 Å². The Morgan fingerprint density at radius 3 is 2.41 bits per heavy atom. The zero-order chi connectivity index (χ0) is 22.9. The molecule has 2 aromatic heterocycles. The number of rotatable bonds is 5. The molecule has 0 aliphatic heterocycles. The summed E-state index contributed by atoms with van der Waals surface area (Å²) in [5, 5.41) is 2.65. The molecule has 1 amide bonds. The fraction of sp³-hybridized carbons (Fsp3) is 0.364. The van der Waals surface area contributed by atoms with Gasteiger partial charge in [0.1, 0.15) is 0 Å². The largest absolute Gasteiger partial charge is 0.449 e. The van der Waals surface area contributed by atoms with Crippen molar-refractivity contribution in [2.24, 2.45) is 5.92 Å². The lowest BCUT2D eigenvalue weighted by atomic mass is 9.88. The summed E-state index contributed by atoms with van der Waals surface area (Å²) >= 11 is 0. The Kier molecular flexibility index (Phi) is 5.98. The molecule has 1 aliphatic rings. The second-order valence-electron chi connectivity index (χ2n) is 7.91. The maximum atomic E-state index is 12.8. The van der Waals surface area contributed by atoms with Gasteiger partial charge in [-0.3, -0.25) is 9.78 Å². The van der Waals surface area contributed by atoms with E-state index < -0.39 is 33.1 Å². The van der Waals surface area contributed by atoms with Crippen LogP contribution in [0.5, 0.6) is 0 Å². The van der Waals surface area contributed by atoms with Crippen molar-refractivity contribution in [3.63, 3.8) is 0 Å². The Bertz CT molecular complexity index is 1180. The van der Waals surface area contributed by atoms with Gasteiger partial charge in [-0.1, -0.05) is 12.1 Å². The SMILES string of the molecule is O=C(NCc1ccc(S(=O)(=O)C2CCC(C(F)(F)F)CC2)cc1)c1cc2ccncc2o1. The van der Waals surface area contributed by atoms with Crippen molar-refractivity contribution in [2.75, 3.05) is 0 Å². The minimum Gasteiger partial charge on any atom is -0.449 e. The van der Waals surface area contributed by atoms with Gasteiger partial charge >= 0.3 is 6.18 Å². The molecule has 1 aromatic carbocycles. The van der Waals surface area contributed by atoms with Crippen molar-refractivity contribution in [2.45, 2.75) is 48.5 Å². The molecular weight excluding hydrogens is 445 g/mol. The van der Waals surface area contributed by atoms with Crippen molar-refractivity contribution < 1.29 is 30.8 Å². The van der Waals surface area contributed by atoms with E-state index >= 15 is 0 Å². The summed E-state index contributed by atoms with van der Waals surface area (Å²) in [6.07, 6.45) is -1.52. The molecule has 0 atom stereocenters. The lowest BCUT2D eigenvalue weighted by molar-refractivity contribution is -0.181. The smallest absolute Gasteiger partial charge is 0.391 e. The molecule has 0 bridgehead atoms. The van der Waals surface area contributed by atoms with Crippen molar-refractivity contribution in [1.82, 2.24) is 10.3 Å². The third kappa shape index (κ3) is 4.64. The number of furan rings is 1. The van der Waals surface area contributed by atoms with Crippen LogP contribution >= 0.6 is 0 Å². The van der Waals surface area contributed by atoms with Crippen LogP contribution in [0.25, 0.3) is 11.0 Å². The molecule has 1 saturated carbocycles. The van der Waals surface area contributed by atoms with E-state index in [9.17, 15) is 26.4 Å². The molecule has 0 saturated heterocycles. The monoisotopic (exact) mass is 466 g/mol. The maximum Gasteiger partial charge on any atom is 0.391 e. The topological polar surface area (TPSA) is 89.3 Å². The van der Waals surface area contributed by atoms with E-state index in [1.807, 2.05) is 0 Å². The lowest BCUT2D eigenvalue weighted by Crippen LogP contribution is -2.33. The number of aromatic nitrogens is 1. The normalized spacial score (nSPS) is 19.7. The Hall–Kier alpha value is -2.88. The molecule has 6 nitrogen and oxygen atoms in total. The zero-order valence-electron chi connectivity index (χ0n) is 16.9. The molecule has 2 heterocycles. The third-order valence-corrected chi connectivity index (χ3v) is 8.11. The first-order valence-corrected chi connectivity index (χ1v) is 11.7. The van der Waals surface area contributed by atoms with E-state index in [1.165, 1.54) is 18.3 Å². The molecule has 3 aromatic rings. The highest BCUT2D eigenvalue weighted by atomic mass is 32.2. The van der Waals surface area contributed by atoms with E-state index in [0.29, 0.717) is 11.1 Å². The van der Waals surface area contributed by atoms with Crippen LogP contribution in [0.4, 0.5) is 13.2 Å². The lowest BCUT2D eigenvalue weighted by Gasteiger charge is -2.29. The Balaban J connectivity index is 1.37. The second-order valence-corrected chi connectivity index (χ2v) is 10.1. The standard InChI is InChI=1S/C22H21F3N2O4S/c23-22(24,25)16-3-7-18(8-4-16)32(29,30)17-5-1-14(2-6-17)12-27-21(28)19-11-15-9-10-26-13-20(15)31-19/h1-2,5-6,9-11,13,16,18H,3-4,7-8,12H2,(H,27,28). The molecule has 4 rings (SSSR count). The first kappa shape index (κ1) is 22.3. The number of carbonyl (C=O) groups is 1. The number of hydrogen-bond donors (Lipinski definition) is 1. The number of sulfone groups is 1. The molecule has 1 N–H and O–H groups in total. The predicted octanol–water partition coefficient (Wildman–Crippen LogP) is 4.65. The molecule has 170 valence electrons. The summed E-state index contributed by atoms with van der Waals surface area (Å²) in [7, 11) is -3.71. The highest BCUT2D eigenvalue weighted by Gasteiger charge is 2.43. The average molecular weight is 466 g/mol. The number of amides is 1. The number of nitrogens with one attached hydrogen (secondary N) is 1. The molecule has 0 spiro atoms. The van der Waals surface area contributed by atoms with Gasteiger partial charge in [-0.05, 0) is 55.5 Å². The van der Waals surface area contributed by atoms with Gasteiger partial charge in [0, 0.05) is 18.1 Å². The van der Waals surface area contributed by atoms with Gasteiger partial charge in [0.25, 0.3) is 5.91 Å². The minimum atomic E-state index is -4.28. The highest BCUT2D eigenvalue weighted by Crippen LogP contribution is 2.40. The minimum absolute atomic E-state index is 0.00264. The third-order valence-electron chi connectivity index (χ3n) is 5.83. The zero-order valence-corrected chi connectivity index (χ0v) is 17.7. The van der Waals surface area contributed by atoms with Crippen LogP contribution in [0, 0.1) is 5.92 Å². The fourth-order valence-electron chi connectivity index (χ4n) is 3.96. The molecule has 1 fully saturated rings. The van der Waals surface area contributed by atoms with Gasteiger partial charge in [0.2, 0.25) is 0 Å². The number of nitrogens with zero attached hydrogens (tertiary/aromatic N) is 1. The van der Waals surface area contributed by atoms with E-state index in [0.717, 1.165) is 5.39 Å². The fourth-order valence-corrected chi connectivity index (χ4v) is 5.75. The number of hydrogen-bond acceptors (Lipinski definition) is 5. The number of halogens is 3. The molecule has 0 unspecified atom stereocenters. The molecular formula is C22H21F3N2O4S. The highest BCUT2D eigenvalue weighted by molar-refractivity contribution is 7.92. The summed E-state index contributed by atoms with van der Waals surface area (Å²) in [6, 6.07) is 9.35. The van der Waals surface area contributed by atoms with Crippen LogP contribution in [-0.2, 0) is 16.4 Å². The van der Waals surface area contributed by atoms with Crippen LogP contribution in [0.15, 0.2) is 58.1 Å². The number of fused-ring (bicyclic) bond motifs is 1. The predicted molar refractivity (Wildman–Crippen MR) is 111 cm³/mol. The first-order valence-electron chi connectivity index (χ1n) is 10.2. The van der Waals surface area contributed by atoms with E-state index in [2.05, 4.69) is 10.3 Å². The number of carbonyl (C=O) groups excluding carboxylic acids is 1. The van der Waals surface area contributed by atoms with Gasteiger partial charge in [-0.2, -0.15) is 13.2 Å². The van der Waals surface area contributed by atoms with E-state index in [-0.39, 0.29) is 42.9 Å². The molecule has 32 heavy (non-hydrogen) atoms. The van der Waals surface area contributed by atoms with Crippen LogP contribution in [-0.4, -0.2) is 30.7 Å². The van der Waals surface area contributed by atoms with E-state index in [1.54, 1.807) is 30.5 Å². The summed E-state index contributed by atoms with van der Waals surface area (Å²) < 4.78 is 69.6. The van der Waals surface area contributed by atoms with Crippen molar-refractivity contribution >= 4 is 26.7 Å². The summed E-state index contributed by atoms with van der Waals surface area (Å²) in [4.78, 5) is 16.3. The van der Waals surface area contributed by atoms with Crippen LogP contribution in [0.3, 0.4) is 0 Å². The second kappa shape index (κ2) is 8.57. The summed E-state index contributed by atoms with van der Waals surface area (Å²) in [6.45, 7) is 0.158. The number of pyridine rings is 1. The Labute approximate surface area is 182 Å². The first-order chi connectivity index (χ1) is 15.1. The Morgan fingerprint density at radius 2 is 1.78 bits per heavy atom. The quantitative estimate of drug-likeness (QED) is 0.591. The van der Waals surface area contributed by atoms with E-state index in [4.69, 9.17) is 4.42 Å². The van der Waals surface area contributed by atoms with Gasteiger partial charge in [-0.25, -0.2) is 8.42 Å². The Morgan fingerprint density at radius 1 is 1.09 bits per heavy atom. The molecule has 10 heteroatoms. The van der Waals surface area contributed by atoms with Crippen molar-refractivity contribution in [3.8, 4) is 0 Å². The number of benzene rings is 1. The maximum absolute atomic E-state index is 12.8. The summed E-state index contributed by atoms with van der Waals surface area (Å²) in [5.74, 6) is -1.70. The number of alkyl halides is 3. The van der Waals surface area contributed by atoms with Gasteiger partial charge in [-0.15, -0.1) is 0 Å². The van der Waals surface area contributed by atoms with Crippen LogP contribution in [0.1, 0.15) is 41.8 Å². The van der Waals surface area contributed by atoms with Gasteiger partial charge in [0.05, 0.1) is 22.3 Å². The van der Waals surface area contributed by atoms with Gasteiger partial charge in [0.15, 0.2) is 21.2 Å². The average Bonchev–Trinajstić information content (AvgIpc) is 3.22.